The summed E-state index contributed by atoms with van der Waals surface area (Å²) in [5.41, 5.74) is 0.229. The molecule has 0 N–H and O–H groups in total. The number of fused-ring (bicyclic) bond motifs is 1. The molecule has 1 heterocycles. The quantitative estimate of drug-likeness (QED) is 0.233. The van der Waals surface area contributed by atoms with Gasteiger partial charge in [-0.25, -0.2) is 15.0 Å². The van der Waals surface area contributed by atoms with Crippen molar-refractivity contribution in [3.63, 3.8) is 0 Å². The topological polar surface area (TPSA) is 38.7 Å². The molecule has 0 amide bonds. The molecule has 0 aliphatic heterocycles. The zero-order valence-corrected chi connectivity index (χ0v) is 19.7. The van der Waals surface area contributed by atoms with Gasteiger partial charge in [0.15, 0.2) is 17.5 Å². The van der Waals surface area contributed by atoms with Crippen LogP contribution in [0, 0.1) is 0 Å². The van der Waals surface area contributed by atoms with Crippen LogP contribution in [0.1, 0.15) is 12.3 Å². The van der Waals surface area contributed by atoms with Crippen molar-refractivity contribution in [3.05, 3.63) is 126 Å². The molecule has 166 valence electrons. The highest BCUT2D eigenvalue weighted by Gasteiger charge is 2.14. The molecular weight excluding hydrogens is 494 g/mol. The fourth-order valence-corrected chi connectivity index (χ4v) is 4.29. The van der Waals surface area contributed by atoms with Gasteiger partial charge < -0.3 is 0 Å². The van der Waals surface area contributed by atoms with Crippen LogP contribution in [-0.4, -0.2) is 15.0 Å². The van der Waals surface area contributed by atoms with Gasteiger partial charge in [-0.3, -0.25) is 0 Å². The van der Waals surface area contributed by atoms with Gasteiger partial charge in [-0.1, -0.05) is 119 Å². The van der Waals surface area contributed by atoms with E-state index in [9.17, 15) is 0 Å². The number of benzene rings is 5. The monoisotopic (exact) mass is 522 g/mol. The highest BCUT2D eigenvalue weighted by Crippen LogP contribution is 2.32. The van der Waals surface area contributed by atoms with Gasteiger partial charge in [0.05, 0.1) is 12.3 Å². The van der Waals surface area contributed by atoms with Crippen molar-refractivity contribution in [1.29, 1.82) is 0 Å². The van der Waals surface area contributed by atoms with E-state index in [4.69, 9.17) is 17.3 Å². The second-order valence-electron chi connectivity index (χ2n) is 7.60. The minimum Gasteiger partial charge on any atom is -0.208 e. The van der Waals surface area contributed by atoms with E-state index in [-0.39, 0.29) is 28.6 Å². The summed E-state index contributed by atoms with van der Waals surface area (Å²) in [5.74, 6) is 0.333. The first kappa shape index (κ1) is 13.7. The standard InChI is InChI=1S/C31H20BrN3/c32-28-20-26(19-24-14-7-8-17-27(24)28)31-34-29(22-12-5-2-6-13-22)33-30(35-31)25-16-9-15-23(18-25)21-10-3-1-4-11-21/h1-20H/i1D,3D,4D,9D,10D,11D,15D,16D,18D. The molecule has 0 bridgehead atoms. The highest BCUT2D eigenvalue weighted by atomic mass is 79.9. The first-order chi connectivity index (χ1) is 21.0. The van der Waals surface area contributed by atoms with E-state index >= 15 is 0 Å². The zero-order valence-electron chi connectivity index (χ0n) is 27.1. The summed E-state index contributed by atoms with van der Waals surface area (Å²) in [5, 5.41) is 1.89. The summed E-state index contributed by atoms with van der Waals surface area (Å²) in [6.45, 7) is 0. The molecule has 0 unspecified atom stereocenters. The van der Waals surface area contributed by atoms with E-state index in [1.165, 1.54) is 0 Å². The molecule has 0 radical (unpaired) electrons. The van der Waals surface area contributed by atoms with Crippen molar-refractivity contribution in [1.82, 2.24) is 15.0 Å². The lowest BCUT2D eigenvalue weighted by Gasteiger charge is -2.11. The molecule has 35 heavy (non-hydrogen) atoms. The van der Waals surface area contributed by atoms with Crippen molar-refractivity contribution in [2.24, 2.45) is 0 Å². The lowest BCUT2D eigenvalue weighted by atomic mass is 10.0. The maximum Gasteiger partial charge on any atom is 0.164 e. The van der Waals surface area contributed by atoms with Crippen LogP contribution in [-0.2, 0) is 0 Å². The van der Waals surface area contributed by atoms with Crippen LogP contribution in [0.4, 0.5) is 0 Å². The lowest BCUT2D eigenvalue weighted by Crippen LogP contribution is -2.00. The molecule has 3 nitrogen and oxygen atoms in total. The van der Waals surface area contributed by atoms with Crippen molar-refractivity contribution in [2.75, 3.05) is 0 Å². The van der Waals surface area contributed by atoms with E-state index in [2.05, 4.69) is 25.9 Å². The van der Waals surface area contributed by atoms with E-state index in [1.54, 1.807) is 12.1 Å². The maximum atomic E-state index is 9.11. The lowest BCUT2D eigenvalue weighted by molar-refractivity contribution is 1.07. The molecule has 5 aromatic carbocycles. The number of hydrogen-bond acceptors (Lipinski definition) is 3. The summed E-state index contributed by atoms with van der Waals surface area (Å²) in [4.78, 5) is 13.9. The molecule has 0 aliphatic rings. The second-order valence-corrected chi connectivity index (χ2v) is 8.46. The zero-order chi connectivity index (χ0) is 31.4. The number of hydrogen-bond donors (Lipinski definition) is 0. The average Bonchev–Trinajstić information content (AvgIpc) is 3.03. The predicted molar refractivity (Wildman–Crippen MR) is 147 cm³/mol. The average molecular weight is 523 g/mol. The number of nitrogens with zero attached hydrogens (tertiary/aromatic N) is 3. The Bertz CT molecular complexity index is 2110. The van der Waals surface area contributed by atoms with Crippen LogP contribution in [0.5, 0.6) is 0 Å². The van der Waals surface area contributed by atoms with E-state index in [1.807, 2.05) is 54.6 Å². The number of rotatable bonds is 4. The van der Waals surface area contributed by atoms with Crippen molar-refractivity contribution in [3.8, 4) is 45.3 Å². The Labute approximate surface area is 225 Å². The second kappa shape index (κ2) is 9.24. The third-order valence-corrected chi connectivity index (χ3v) is 5.99. The maximum absolute atomic E-state index is 9.11. The van der Waals surface area contributed by atoms with Crippen molar-refractivity contribution < 1.29 is 12.3 Å². The SMILES string of the molecule is [2H]c1c([2H])c([2H])c(-c2c([2H])c([2H])c([2H])c(-c3nc(-c4ccccc4)nc(-c4cc(Br)c5ccccc5c4)n3)c2[2H])c([2H])c1[2H]. The minimum atomic E-state index is -0.640. The molecule has 0 spiro atoms. The van der Waals surface area contributed by atoms with E-state index in [0.717, 1.165) is 15.2 Å². The van der Waals surface area contributed by atoms with Gasteiger partial charge in [-0.15, -0.1) is 0 Å². The summed E-state index contributed by atoms with van der Waals surface area (Å²) in [7, 11) is 0. The Morgan fingerprint density at radius 2 is 1.17 bits per heavy atom. The van der Waals surface area contributed by atoms with Crippen LogP contribution >= 0.6 is 15.9 Å². The molecular formula is C31H20BrN3. The third kappa shape index (κ3) is 4.36. The Balaban J connectivity index is 1.68. The van der Waals surface area contributed by atoms with Gasteiger partial charge in [0, 0.05) is 21.2 Å². The van der Waals surface area contributed by atoms with Gasteiger partial charge in [-0.05, 0) is 40.1 Å². The molecule has 0 atom stereocenters. The van der Waals surface area contributed by atoms with Gasteiger partial charge in [0.2, 0.25) is 0 Å². The molecule has 1 aromatic heterocycles. The van der Waals surface area contributed by atoms with Crippen LogP contribution in [0.15, 0.2) is 126 Å². The Morgan fingerprint density at radius 1 is 0.543 bits per heavy atom. The van der Waals surface area contributed by atoms with Gasteiger partial charge >= 0.3 is 0 Å². The molecule has 0 aliphatic carbocycles. The Morgan fingerprint density at radius 3 is 1.97 bits per heavy atom. The first-order valence-electron chi connectivity index (χ1n) is 15.2. The number of halogens is 1. The highest BCUT2D eigenvalue weighted by molar-refractivity contribution is 9.10. The Hall–Kier alpha value is -4.15. The largest absolute Gasteiger partial charge is 0.208 e. The summed E-state index contributed by atoms with van der Waals surface area (Å²) in [6.07, 6.45) is 0. The van der Waals surface area contributed by atoms with Crippen LogP contribution < -0.4 is 0 Å². The predicted octanol–water partition coefficient (Wildman–Crippen LogP) is 8.46. The van der Waals surface area contributed by atoms with Crippen molar-refractivity contribution in [2.45, 2.75) is 0 Å². The fraction of sp³-hybridized carbons (Fsp3) is 0. The summed E-state index contributed by atoms with van der Waals surface area (Å²) >= 11 is 3.62. The van der Waals surface area contributed by atoms with Crippen LogP contribution in [0.25, 0.3) is 56.1 Å². The minimum absolute atomic E-state index is 0.129. The molecule has 6 aromatic rings. The molecule has 0 fully saturated rings. The first-order valence-corrected chi connectivity index (χ1v) is 11.5. The van der Waals surface area contributed by atoms with Crippen LogP contribution in [0.2, 0.25) is 0 Å². The van der Waals surface area contributed by atoms with E-state index in [0.29, 0.717) is 11.1 Å². The van der Waals surface area contributed by atoms with Crippen LogP contribution in [0.3, 0.4) is 0 Å². The smallest absolute Gasteiger partial charge is 0.164 e. The molecule has 4 heteroatoms. The van der Waals surface area contributed by atoms with Gasteiger partial charge in [0.25, 0.3) is 0 Å². The van der Waals surface area contributed by atoms with E-state index < -0.39 is 59.9 Å². The summed E-state index contributed by atoms with van der Waals surface area (Å²) in [6, 6.07) is 15.2. The Kier molecular flexibility index (Phi) is 3.61. The van der Waals surface area contributed by atoms with Gasteiger partial charge in [0.1, 0.15) is 0 Å². The normalized spacial score (nSPS) is 14.6. The molecule has 0 saturated carbocycles. The van der Waals surface area contributed by atoms with Crippen molar-refractivity contribution >= 4 is 26.7 Å². The summed E-state index contributed by atoms with van der Waals surface area (Å²) < 4.78 is 76.9. The fourth-order valence-electron chi connectivity index (χ4n) is 3.68. The third-order valence-electron chi connectivity index (χ3n) is 5.34. The molecule has 6 rings (SSSR count). The van der Waals surface area contributed by atoms with Gasteiger partial charge in [-0.2, -0.15) is 0 Å². The number of aromatic nitrogens is 3. The molecule has 0 saturated heterocycles.